The second-order valence-electron chi connectivity index (χ2n) is 8.49. The number of hydrogen-bond acceptors (Lipinski definition) is 10. The highest BCUT2D eigenvalue weighted by Crippen LogP contribution is 2.46. The van der Waals surface area contributed by atoms with Gasteiger partial charge in [0.05, 0.1) is 58.2 Å². The van der Waals surface area contributed by atoms with E-state index < -0.39 is 23.5 Å². The highest BCUT2D eigenvalue weighted by molar-refractivity contribution is 7.22. The molecule has 0 radical (unpaired) electrons. The van der Waals surface area contributed by atoms with E-state index in [1.807, 2.05) is 25.1 Å². The van der Waals surface area contributed by atoms with E-state index in [2.05, 4.69) is 9.97 Å². The summed E-state index contributed by atoms with van der Waals surface area (Å²) in [5.74, 6) is -0.185. The first-order valence-corrected chi connectivity index (χ1v) is 13.4. The second kappa shape index (κ2) is 10.1. The summed E-state index contributed by atoms with van der Waals surface area (Å²) in [7, 11) is 3.03. The van der Waals surface area contributed by atoms with Crippen molar-refractivity contribution < 1.29 is 28.9 Å². The lowest BCUT2D eigenvalue weighted by Crippen LogP contribution is -2.31. The van der Waals surface area contributed by atoms with Crippen molar-refractivity contribution in [3.05, 3.63) is 68.9 Å². The lowest BCUT2D eigenvalue weighted by molar-refractivity contribution is -0.117. The van der Waals surface area contributed by atoms with E-state index in [0.717, 1.165) is 4.70 Å². The maximum atomic E-state index is 13.8. The molecule has 0 fully saturated rings. The Hall–Kier alpha value is -3.96. The van der Waals surface area contributed by atoms with Crippen LogP contribution in [-0.2, 0) is 4.79 Å². The quantitative estimate of drug-likeness (QED) is 0.283. The number of aromatic nitrogens is 2. The Morgan fingerprint density at radius 3 is 2.47 bits per heavy atom. The van der Waals surface area contributed by atoms with Gasteiger partial charge in [0, 0.05) is 0 Å². The van der Waals surface area contributed by atoms with E-state index in [0.29, 0.717) is 55.6 Å². The largest absolute Gasteiger partial charge is 0.503 e. The van der Waals surface area contributed by atoms with Crippen LogP contribution in [0.4, 0.5) is 5.13 Å². The molecule has 196 valence electrons. The van der Waals surface area contributed by atoms with Crippen molar-refractivity contribution in [3.8, 4) is 17.2 Å². The van der Waals surface area contributed by atoms with Gasteiger partial charge in [-0.15, -0.1) is 11.3 Å². The van der Waals surface area contributed by atoms with Gasteiger partial charge in [0.25, 0.3) is 5.91 Å². The Kier molecular flexibility index (Phi) is 6.80. The molecule has 2 aromatic heterocycles. The van der Waals surface area contributed by atoms with Crippen LogP contribution >= 0.6 is 22.7 Å². The van der Waals surface area contributed by atoms with Crippen molar-refractivity contribution in [1.29, 1.82) is 0 Å². The van der Waals surface area contributed by atoms with Crippen LogP contribution in [0.25, 0.3) is 10.2 Å². The predicted molar refractivity (Wildman–Crippen MR) is 146 cm³/mol. The second-order valence-corrected chi connectivity index (χ2v) is 10.7. The minimum Gasteiger partial charge on any atom is -0.503 e. The van der Waals surface area contributed by atoms with Gasteiger partial charge in [-0.25, -0.2) is 9.97 Å². The zero-order valence-corrected chi connectivity index (χ0v) is 23.0. The molecule has 0 bridgehead atoms. The van der Waals surface area contributed by atoms with E-state index in [1.165, 1.54) is 41.8 Å². The number of methoxy groups -OCH3 is 2. The normalized spacial score (nSPS) is 15.4. The number of anilines is 1. The lowest BCUT2D eigenvalue weighted by atomic mass is 9.95. The molecule has 1 atom stereocenters. The van der Waals surface area contributed by atoms with Gasteiger partial charge in [-0.05, 0) is 56.7 Å². The number of aryl methyl sites for hydroxylation is 2. The van der Waals surface area contributed by atoms with Crippen molar-refractivity contribution in [1.82, 2.24) is 9.97 Å². The monoisotopic (exact) mass is 551 g/mol. The molecule has 5 rings (SSSR count). The minimum atomic E-state index is -0.955. The Morgan fingerprint density at radius 1 is 1.05 bits per heavy atom. The van der Waals surface area contributed by atoms with E-state index in [1.54, 1.807) is 32.0 Å². The summed E-state index contributed by atoms with van der Waals surface area (Å²) in [5, 5.41) is 12.2. The summed E-state index contributed by atoms with van der Waals surface area (Å²) in [6.07, 6.45) is 0. The topological polar surface area (TPSA) is 111 Å². The number of nitrogens with zero attached hydrogens (tertiary/aromatic N) is 3. The predicted octanol–water partition coefficient (Wildman–Crippen LogP) is 5.57. The average molecular weight is 552 g/mol. The van der Waals surface area contributed by atoms with Crippen LogP contribution in [0.15, 0.2) is 47.7 Å². The summed E-state index contributed by atoms with van der Waals surface area (Å²) in [6, 6.07) is 9.66. The maximum Gasteiger partial charge on any atom is 0.296 e. The molecule has 0 saturated carbocycles. The number of ketones is 1. The van der Waals surface area contributed by atoms with Gasteiger partial charge in [0.1, 0.15) is 5.75 Å². The van der Waals surface area contributed by atoms with Gasteiger partial charge >= 0.3 is 0 Å². The molecule has 0 spiro atoms. The van der Waals surface area contributed by atoms with E-state index >= 15 is 0 Å². The molecule has 3 heterocycles. The molecule has 1 N–H and O–H groups in total. The molecule has 9 nitrogen and oxygen atoms in total. The van der Waals surface area contributed by atoms with Gasteiger partial charge in [-0.1, -0.05) is 17.4 Å². The number of fused-ring (bicyclic) bond motifs is 1. The van der Waals surface area contributed by atoms with Crippen LogP contribution < -0.4 is 19.1 Å². The van der Waals surface area contributed by atoms with Crippen LogP contribution in [0, 0.1) is 13.8 Å². The summed E-state index contributed by atoms with van der Waals surface area (Å²) >= 11 is 2.50. The number of amides is 1. The number of aliphatic hydroxyl groups excluding tert-OH is 1. The summed E-state index contributed by atoms with van der Waals surface area (Å²) in [6.45, 7) is 5.96. The first-order valence-electron chi connectivity index (χ1n) is 11.8. The smallest absolute Gasteiger partial charge is 0.296 e. The summed E-state index contributed by atoms with van der Waals surface area (Å²) in [5.41, 5.74) is 1.72. The number of hydrogen-bond donors (Lipinski definition) is 1. The fraction of sp³-hybridized carbons (Fsp3) is 0.259. The first kappa shape index (κ1) is 25.7. The number of thiazole rings is 2. The molecule has 0 aliphatic carbocycles. The summed E-state index contributed by atoms with van der Waals surface area (Å²) in [4.78, 5) is 38.2. The van der Waals surface area contributed by atoms with E-state index in [9.17, 15) is 14.7 Å². The van der Waals surface area contributed by atoms with Crippen LogP contribution in [-0.4, -0.2) is 47.6 Å². The number of rotatable bonds is 8. The summed E-state index contributed by atoms with van der Waals surface area (Å²) < 4.78 is 17.3. The maximum absolute atomic E-state index is 13.8. The molecule has 1 aliphatic heterocycles. The third kappa shape index (κ3) is 4.27. The molecule has 2 aromatic carbocycles. The number of Topliss-reactive ketones (excluding diaryl/α,β-unsaturated/α-hetero) is 1. The van der Waals surface area contributed by atoms with Crippen molar-refractivity contribution in [2.24, 2.45) is 0 Å². The number of carbonyl (C=O) groups excluding carboxylic acids is 2. The van der Waals surface area contributed by atoms with Crippen molar-refractivity contribution in [3.63, 3.8) is 0 Å². The highest BCUT2D eigenvalue weighted by Gasteiger charge is 2.46. The van der Waals surface area contributed by atoms with E-state index in [-0.39, 0.29) is 5.57 Å². The van der Waals surface area contributed by atoms with Gasteiger partial charge in [0.2, 0.25) is 5.78 Å². The van der Waals surface area contributed by atoms with Crippen LogP contribution in [0.5, 0.6) is 17.2 Å². The van der Waals surface area contributed by atoms with Gasteiger partial charge < -0.3 is 19.3 Å². The molecular weight excluding hydrogens is 526 g/mol. The molecule has 11 heteroatoms. The minimum absolute atomic E-state index is 0.0387. The standard InChI is InChI=1S/C27H25N3O6S2/c1-6-36-16-8-9-17-20(12-16)38-27(29-17)30-22(15-7-10-18(34-4)19(11-15)35-5)21(24(32)26(30)33)23(31)25-13(2)28-14(3)37-25/h7-12,22,32H,6H2,1-5H3. The fourth-order valence-electron chi connectivity index (χ4n) is 4.49. The number of carbonyl (C=O) groups is 2. The van der Waals surface area contributed by atoms with Crippen molar-refractivity contribution in [2.45, 2.75) is 26.8 Å². The van der Waals surface area contributed by atoms with Gasteiger partial charge in [0.15, 0.2) is 22.4 Å². The number of benzene rings is 2. The average Bonchev–Trinajstić information content (AvgIpc) is 3.56. The van der Waals surface area contributed by atoms with Crippen molar-refractivity contribution >= 4 is 49.7 Å². The van der Waals surface area contributed by atoms with Gasteiger partial charge in [-0.3, -0.25) is 14.5 Å². The Labute approximate surface area is 226 Å². The number of ether oxygens (including phenoxy) is 3. The third-order valence-corrected chi connectivity index (χ3v) is 8.24. The van der Waals surface area contributed by atoms with Gasteiger partial charge in [-0.2, -0.15) is 0 Å². The van der Waals surface area contributed by atoms with Crippen LogP contribution in [0.1, 0.15) is 38.9 Å². The zero-order chi connectivity index (χ0) is 27.1. The number of aliphatic hydroxyl groups is 1. The molecular formula is C27H25N3O6S2. The molecule has 1 unspecified atom stereocenters. The Morgan fingerprint density at radius 2 is 1.82 bits per heavy atom. The third-order valence-electron chi connectivity index (χ3n) is 6.15. The van der Waals surface area contributed by atoms with Crippen LogP contribution in [0.2, 0.25) is 0 Å². The molecule has 1 aliphatic rings. The van der Waals surface area contributed by atoms with Crippen molar-refractivity contribution in [2.75, 3.05) is 25.7 Å². The highest BCUT2D eigenvalue weighted by atomic mass is 32.1. The lowest BCUT2D eigenvalue weighted by Gasteiger charge is -2.25. The first-order chi connectivity index (χ1) is 18.3. The van der Waals surface area contributed by atoms with Crippen LogP contribution in [0.3, 0.4) is 0 Å². The Balaban J connectivity index is 1.68. The molecule has 38 heavy (non-hydrogen) atoms. The fourth-order valence-corrected chi connectivity index (χ4v) is 6.38. The van der Waals surface area contributed by atoms with E-state index in [4.69, 9.17) is 14.2 Å². The molecule has 1 amide bonds. The Bertz CT molecular complexity index is 1610. The zero-order valence-electron chi connectivity index (χ0n) is 21.4. The molecule has 0 saturated heterocycles. The molecule has 4 aromatic rings. The SMILES string of the molecule is CCOc1ccc2nc(N3C(=O)C(O)=C(C(=O)c4sc(C)nc4C)C3c3ccc(OC)c(OC)c3)sc2c1.